The van der Waals surface area contributed by atoms with E-state index < -0.39 is 0 Å². The molecular formula is C21H22N4O2S. The van der Waals surface area contributed by atoms with Gasteiger partial charge in [-0.05, 0) is 37.8 Å². The minimum atomic E-state index is -0.273. The Labute approximate surface area is 168 Å². The third kappa shape index (κ3) is 3.08. The lowest BCUT2D eigenvalue weighted by Crippen LogP contribution is -2.34. The molecule has 4 rings (SSSR count). The van der Waals surface area contributed by atoms with E-state index in [0.29, 0.717) is 34.9 Å². The fourth-order valence-corrected chi connectivity index (χ4v) is 5.14. The Morgan fingerprint density at radius 3 is 2.82 bits per heavy atom. The molecule has 1 aromatic heterocycles. The number of benzene rings is 1. The van der Waals surface area contributed by atoms with Crippen LogP contribution < -0.4 is 10.2 Å². The van der Waals surface area contributed by atoms with Gasteiger partial charge in [0.15, 0.2) is 0 Å². The molecule has 2 aliphatic heterocycles. The lowest BCUT2D eigenvalue weighted by molar-refractivity contribution is -0.115. The number of anilines is 2. The number of nitrogens with zero attached hydrogens (tertiary/aromatic N) is 3. The van der Waals surface area contributed by atoms with Crippen molar-refractivity contribution < 1.29 is 9.59 Å². The summed E-state index contributed by atoms with van der Waals surface area (Å²) in [5.41, 5.74) is 2.98. The number of fused-ring (bicyclic) bond motifs is 1. The zero-order valence-electron chi connectivity index (χ0n) is 15.8. The Balaban J connectivity index is 1.87. The van der Waals surface area contributed by atoms with Crippen LogP contribution in [0.5, 0.6) is 0 Å². The fraction of sp³-hybridized carbons (Fsp3) is 0.381. The molecular weight excluding hydrogens is 372 g/mol. The van der Waals surface area contributed by atoms with Crippen molar-refractivity contribution in [3.05, 3.63) is 47.3 Å². The molecule has 1 atom stereocenters. The highest BCUT2D eigenvalue weighted by Crippen LogP contribution is 2.41. The van der Waals surface area contributed by atoms with Crippen molar-refractivity contribution >= 4 is 35.0 Å². The largest absolute Gasteiger partial charge is 0.338 e. The average Bonchev–Trinajstić information content (AvgIpc) is 3.25. The summed E-state index contributed by atoms with van der Waals surface area (Å²) in [5.74, 6) is 0.0688. The molecule has 1 N–H and O–H groups in total. The van der Waals surface area contributed by atoms with Crippen molar-refractivity contribution in [2.24, 2.45) is 0 Å². The molecule has 0 saturated carbocycles. The maximum atomic E-state index is 13.3. The molecule has 2 aliphatic rings. The van der Waals surface area contributed by atoms with Crippen LogP contribution in [0.25, 0.3) is 0 Å². The van der Waals surface area contributed by atoms with Gasteiger partial charge >= 0.3 is 0 Å². The second kappa shape index (κ2) is 7.72. The third-order valence-electron chi connectivity index (χ3n) is 5.30. The highest BCUT2D eigenvalue weighted by atomic mass is 32.2. The smallest absolute Gasteiger partial charge is 0.274 e. The summed E-state index contributed by atoms with van der Waals surface area (Å²) in [6, 6.07) is 11.6. The number of nitriles is 1. The molecule has 0 bridgehead atoms. The highest BCUT2D eigenvalue weighted by Gasteiger charge is 2.40. The molecule has 0 radical (unpaired) electrons. The summed E-state index contributed by atoms with van der Waals surface area (Å²) in [4.78, 5) is 27.7. The Kier molecular flexibility index (Phi) is 5.14. The molecule has 0 aliphatic carbocycles. The van der Waals surface area contributed by atoms with Gasteiger partial charge < -0.3 is 9.88 Å². The van der Waals surface area contributed by atoms with Crippen LogP contribution in [0.1, 0.15) is 47.9 Å². The SMILES string of the molecule is CCC1SCC(=O)N1c1c(C#N)c2n(c1C(=O)Nc1ccccc1)CCCC2. The van der Waals surface area contributed by atoms with E-state index in [0.717, 1.165) is 31.4 Å². The summed E-state index contributed by atoms with van der Waals surface area (Å²) in [7, 11) is 0. The molecule has 7 heteroatoms. The lowest BCUT2D eigenvalue weighted by Gasteiger charge is -2.24. The average molecular weight is 395 g/mol. The van der Waals surface area contributed by atoms with E-state index in [-0.39, 0.29) is 17.2 Å². The second-order valence-corrected chi connectivity index (χ2v) is 8.16. The van der Waals surface area contributed by atoms with E-state index in [9.17, 15) is 14.9 Å². The third-order valence-corrected chi connectivity index (χ3v) is 6.64. The summed E-state index contributed by atoms with van der Waals surface area (Å²) >= 11 is 1.57. The number of nitrogens with one attached hydrogen (secondary N) is 1. The normalized spacial score (nSPS) is 18.6. The number of carbonyl (C=O) groups is 2. The molecule has 1 saturated heterocycles. The quantitative estimate of drug-likeness (QED) is 0.856. The van der Waals surface area contributed by atoms with E-state index in [4.69, 9.17) is 0 Å². The minimum Gasteiger partial charge on any atom is -0.338 e. The number of carbonyl (C=O) groups excluding carboxylic acids is 2. The summed E-state index contributed by atoms with van der Waals surface area (Å²) in [6.45, 7) is 2.71. The van der Waals surface area contributed by atoms with Gasteiger partial charge in [0.1, 0.15) is 11.8 Å². The Morgan fingerprint density at radius 2 is 2.11 bits per heavy atom. The number of hydrogen-bond donors (Lipinski definition) is 1. The van der Waals surface area contributed by atoms with Gasteiger partial charge in [-0.2, -0.15) is 5.26 Å². The molecule has 1 aromatic carbocycles. The topological polar surface area (TPSA) is 78.1 Å². The van der Waals surface area contributed by atoms with Gasteiger partial charge in [0.05, 0.1) is 22.4 Å². The van der Waals surface area contributed by atoms with Crippen molar-refractivity contribution in [3.63, 3.8) is 0 Å². The van der Waals surface area contributed by atoms with E-state index in [1.165, 1.54) is 0 Å². The Morgan fingerprint density at radius 1 is 1.32 bits per heavy atom. The maximum Gasteiger partial charge on any atom is 0.274 e. The first-order chi connectivity index (χ1) is 13.7. The summed E-state index contributed by atoms with van der Waals surface area (Å²) < 4.78 is 1.96. The number of aromatic nitrogens is 1. The van der Waals surface area contributed by atoms with Gasteiger partial charge in [-0.3, -0.25) is 14.5 Å². The first kappa shape index (κ1) is 18.6. The maximum absolute atomic E-state index is 13.3. The number of hydrogen-bond acceptors (Lipinski definition) is 4. The molecule has 3 heterocycles. The lowest BCUT2D eigenvalue weighted by atomic mass is 10.1. The highest BCUT2D eigenvalue weighted by molar-refractivity contribution is 8.01. The van der Waals surface area contributed by atoms with Gasteiger partial charge in [0, 0.05) is 17.9 Å². The van der Waals surface area contributed by atoms with Crippen molar-refractivity contribution in [3.8, 4) is 6.07 Å². The number of para-hydroxylation sites is 1. The molecule has 2 aromatic rings. The van der Waals surface area contributed by atoms with Gasteiger partial charge in [0.25, 0.3) is 5.91 Å². The van der Waals surface area contributed by atoms with E-state index >= 15 is 0 Å². The molecule has 6 nitrogen and oxygen atoms in total. The van der Waals surface area contributed by atoms with Crippen LogP contribution >= 0.6 is 11.8 Å². The molecule has 1 unspecified atom stereocenters. The van der Waals surface area contributed by atoms with Crippen molar-refractivity contribution in [2.75, 3.05) is 16.0 Å². The van der Waals surface area contributed by atoms with Gasteiger partial charge in [-0.1, -0.05) is 25.1 Å². The van der Waals surface area contributed by atoms with Crippen LogP contribution in [0.2, 0.25) is 0 Å². The first-order valence-electron chi connectivity index (χ1n) is 9.61. The number of amides is 2. The van der Waals surface area contributed by atoms with Crippen molar-refractivity contribution in [2.45, 2.75) is 44.5 Å². The molecule has 1 fully saturated rings. The van der Waals surface area contributed by atoms with Crippen LogP contribution in [0.4, 0.5) is 11.4 Å². The predicted molar refractivity (Wildman–Crippen MR) is 111 cm³/mol. The number of rotatable bonds is 4. The standard InChI is InChI=1S/C21H22N4O2S/c1-2-18-25(17(26)13-28-18)19-15(12-22)16-10-6-7-11-24(16)20(19)21(27)23-14-8-4-3-5-9-14/h3-5,8-9,18H,2,6-7,10-11,13H2,1H3,(H,23,27). The number of thioether (sulfide) groups is 1. The van der Waals surface area contributed by atoms with Crippen molar-refractivity contribution in [1.82, 2.24) is 4.57 Å². The van der Waals surface area contributed by atoms with Crippen LogP contribution in [-0.4, -0.2) is 27.5 Å². The van der Waals surface area contributed by atoms with Crippen LogP contribution in [0.3, 0.4) is 0 Å². The zero-order chi connectivity index (χ0) is 19.7. The Bertz CT molecular complexity index is 961. The fourth-order valence-electron chi connectivity index (χ4n) is 4.06. The Hall–Kier alpha value is -2.72. The molecule has 2 amide bonds. The van der Waals surface area contributed by atoms with Gasteiger partial charge in [0.2, 0.25) is 5.91 Å². The van der Waals surface area contributed by atoms with Crippen LogP contribution in [0, 0.1) is 11.3 Å². The second-order valence-electron chi connectivity index (χ2n) is 7.00. The first-order valence-corrected chi connectivity index (χ1v) is 10.7. The van der Waals surface area contributed by atoms with Crippen molar-refractivity contribution in [1.29, 1.82) is 5.26 Å². The van der Waals surface area contributed by atoms with Crippen LogP contribution in [0.15, 0.2) is 30.3 Å². The van der Waals surface area contributed by atoms with Gasteiger partial charge in [-0.25, -0.2) is 0 Å². The monoisotopic (exact) mass is 394 g/mol. The van der Waals surface area contributed by atoms with E-state index in [2.05, 4.69) is 11.4 Å². The van der Waals surface area contributed by atoms with E-state index in [1.807, 2.05) is 41.8 Å². The van der Waals surface area contributed by atoms with Crippen LogP contribution in [-0.2, 0) is 17.8 Å². The predicted octanol–water partition coefficient (Wildman–Crippen LogP) is 3.76. The molecule has 0 spiro atoms. The summed E-state index contributed by atoms with van der Waals surface area (Å²) in [5, 5.41) is 12.8. The molecule has 28 heavy (non-hydrogen) atoms. The van der Waals surface area contributed by atoms with E-state index in [1.54, 1.807) is 16.7 Å². The zero-order valence-corrected chi connectivity index (χ0v) is 16.6. The summed E-state index contributed by atoms with van der Waals surface area (Å²) in [6.07, 6.45) is 3.46. The van der Waals surface area contributed by atoms with Gasteiger partial charge in [-0.15, -0.1) is 11.8 Å². The molecule has 144 valence electrons. The minimum absolute atomic E-state index is 0.0370.